The summed E-state index contributed by atoms with van der Waals surface area (Å²) in [6.07, 6.45) is 4.75. The van der Waals surface area contributed by atoms with Gasteiger partial charge in [-0.25, -0.2) is 19.6 Å². The van der Waals surface area contributed by atoms with Crippen molar-refractivity contribution in [1.82, 2.24) is 25.1 Å². The van der Waals surface area contributed by atoms with E-state index >= 15 is 0 Å². The van der Waals surface area contributed by atoms with Crippen LogP contribution in [-0.4, -0.2) is 145 Å². The molecule has 0 fully saturated rings. The predicted octanol–water partition coefficient (Wildman–Crippen LogP) is 2.73. The molecule has 0 radical (unpaired) electrons. The highest BCUT2D eigenvalue weighted by atomic mass is 32.2. The van der Waals surface area contributed by atoms with Crippen LogP contribution < -0.4 is 5.32 Å². The largest absolute Gasteiger partial charge is 0.477 e. The highest BCUT2D eigenvalue weighted by Gasteiger charge is 2.12. The Balaban J connectivity index is 1.67. The first-order valence-corrected chi connectivity index (χ1v) is 17.5. The van der Waals surface area contributed by atoms with Crippen LogP contribution in [0.25, 0.3) is 0 Å². The van der Waals surface area contributed by atoms with Crippen LogP contribution >= 0.6 is 11.8 Å². The summed E-state index contributed by atoms with van der Waals surface area (Å²) >= 11 is 1.98. The molecule has 0 amide bonds. The second kappa shape index (κ2) is 26.3. The first-order chi connectivity index (χ1) is 22.9. The number of rotatable bonds is 30. The number of carboxylic acid groups (broad SMARTS) is 2. The van der Waals surface area contributed by atoms with E-state index in [4.69, 9.17) is 19.3 Å². The van der Waals surface area contributed by atoms with E-state index in [1.165, 1.54) is 37.1 Å². The lowest BCUT2D eigenvalue weighted by Crippen LogP contribution is -2.32. The molecule has 2 rings (SSSR count). The summed E-state index contributed by atoms with van der Waals surface area (Å²) in [5.41, 5.74) is 1.30. The molecular weight excluding hydrogens is 626 g/mol. The molecule has 0 aliphatic carbocycles. The van der Waals surface area contributed by atoms with Crippen LogP contribution in [0, 0.1) is 0 Å². The third-order valence-electron chi connectivity index (χ3n) is 7.06. The number of carboxylic acids is 2. The lowest BCUT2D eigenvalue weighted by atomic mass is 10.2. The van der Waals surface area contributed by atoms with Crippen LogP contribution in [0.4, 0.5) is 0 Å². The number of pyridine rings is 2. The number of aromatic carboxylic acids is 2. The summed E-state index contributed by atoms with van der Waals surface area (Å²) in [6.45, 7) is 7.17. The smallest absolute Gasteiger partial charge is 0.354 e. The molecule has 0 saturated carbocycles. The van der Waals surface area contributed by atoms with Gasteiger partial charge in [-0.3, -0.25) is 9.80 Å². The molecule has 47 heavy (non-hydrogen) atoms. The van der Waals surface area contributed by atoms with E-state index in [9.17, 15) is 19.8 Å². The molecule has 4 N–H and O–H groups in total. The summed E-state index contributed by atoms with van der Waals surface area (Å²) in [7, 11) is 1.99. The zero-order valence-corrected chi connectivity index (χ0v) is 28.5. The van der Waals surface area contributed by atoms with Crippen LogP contribution in [0.2, 0.25) is 0 Å². The van der Waals surface area contributed by atoms with Gasteiger partial charge in [-0.05, 0) is 68.6 Å². The van der Waals surface area contributed by atoms with Crippen molar-refractivity contribution in [2.24, 2.45) is 0 Å². The zero-order chi connectivity index (χ0) is 34.0. The number of aliphatic hydroxyl groups is 1. The highest BCUT2D eigenvalue weighted by molar-refractivity contribution is 7.99. The average molecular weight is 680 g/mol. The second-order valence-electron chi connectivity index (χ2n) is 10.9. The summed E-state index contributed by atoms with van der Waals surface area (Å²) in [5, 5.41) is 31.1. The Labute approximate surface area is 283 Å². The molecule has 0 unspecified atom stereocenters. The maximum atomic E-state index is 11.4. The Morgan fingerprint density at radius 1 is 0.702 bits per heavy atom. The third-order valence-corrected chi connectivity index (χ3v) is 8.21. The Bertz CT molecular complexity index is 1130. The van der Waals surface area contributed by atoms with Crippen LogP contribution in [0.15, 0.2) is 36.4 Å². The van der Waals surface area contributed by atoms with Crippen molar-refractivity contribution >= 4 is 23.7 Å². The number of thioether (sulfide) groups is 1. The number of hydrogen-bond acceptors (Lipinski definition) is 12. The van der Waals surface area contributed by atoms with E-state index in [1.807, 2.05) is 29.8 Å². The Kier molecular flexibility index (Phi) is 22.6. The van der Waals surface area contributed by atoms with Gasteiger partial charge in [-0.1, -0.05) is 18.6 Å². The lowest BCUT2D eigenvalue weighted by molar-refractivity contribution is 0.0244. The standard InChI is InChI=1S/C33H53N5O8S/c1-34-12-3-2-4-24-47-25-7-18-44-19-15-38(27-29-9-6-11-31(36-29)33(42)43)16-21-46-23-22-45-20-14-37(13-17-39)26-28-8-5-10-30(35-28)32(40)41/h5-6,8-11,34,39H,2-4,7,12-27H2,1H3,(H,40,41)(H,42,43). The molecule has 0 aliphatic rings. The molecule has 0 saturated heterocycles. The fraction of sp³-hybridized carbons (Fsp3) is 0.636. The summed E-state index contributed by atoms with van der Waals surface area (Å²) in [4.78, 5) is 35.1. The minimum absolute atomic E-state index is 0.0113. The quantitative estimate of drug-likeness (QED) is 0.0890. The van der Waals surface area contributed by atoms with Crippen molar-refractivity contribution in [1.29, 1.82) is 0 Å². The fourth-order valence-electron chi connectivity index (χ4n) is 4.57. The average Bonchev–Trinajstić information content (AvgIpc) is 3.06. The number of ether oxygens (including phenoxy) is 3. The van der Waals surface area contributed by atoms with Gasteiger partial charge in [-0.2, -0.15) is 11.8 Å². The zero-order valence-electron chi connectivity index (χ0n) is 27.7. The number of carbonyl (C=O) groups is 2. The van der Waals surface area contributed by atoms with Crippen molar-refractivity contribution < 1.29 is 39.1 Å². The third kappa shape index (κ3) is 19.7. The summed E-state index contributed by atoms with van der Waals surface area (Å²) < 4.78 is 17.4. The second-order valence-corrected chi connectivity index (χ2v) is 12.1. The van der Waals surface area contributed by atoms with E-state index in [1.54, 1.807) is 18.2 Å². The molecule has 0 aromatic carbocycles. The van der Waals surface area contributed by atoms with Crippen molar-refractivity contribution in [2.75, 3.05) is 97.5 Å². The first kappa shape index (κ1) is 40.5. The van der Waals surface area contributed by atoms with E-state index in [-0.39, 0.29) is 18.0 Å². The maximum absolute atomic E-state index is 11.4. The molecule has 2 aromatic heterocycles. The van der Waals surface area contributed by atoms with Gasteiger partial charge in [0.15, 0.2) is 0 Å². The van der Waals surface area contributed by atoms with Gasteiger partial charge < -0.3 is 34.8 Å². The van der Waals surface area contributed by atoms with E-state index < -0.39 is 11.9 Å². The Morgan fingerprint density at radius 3 is 1.72 bits per heavy atom. The molecule has 0 spiro atoms. The predicted molar refractivity (Wildman–Crippen MR) is 182 cm³/mol. The van der Waals surface area contributed by atoms with Gasteiger partial charge in [-0.15, -0.1) is 0 Å². The van der Waals surface area contributed by atoms with Gasteiger partial charge in [0.1, 0.15) is 11.4 Å². The van der Waals surface area contributed by atoms with Crippen molar-refractivity contribution in [3.63, 3.8) is 0 Å². The SMILES string of the molecule is CNCCCCCSCCCOCCN(CCOCCOCCN(CCO)Cc1cccc(C(=O)O)n1)Cc1cccc(C(=O)O)n1. The Morgan fingerprint density at radius 2 is 1.21 bits per heavy atom. The molecule has 0 atom stereocenters. The topological polar surface area (TPSA) is 167 Å². The highest BCUT2D eigenvalue weighted by Crippen LogP contribution is 2.09. The van der Waals surface area contributed by atoms with Crippen molar-refractivity contribution in [3.8, 4) is 0 Å². The fourth-order valence-corrected chi connectivity index (χ4v) is 5.50. The van der Waals surface area contributed by atoms with Gasteiger partial charge >= 0.3 is 11.9 Å². The molecule has 13 nitrogen and oxygen atoms in total. The lowest BCUT2D eigenvalue weighted by Gasteiger charge is -2.22. The summed E-state index contributed by atoms with van der Waals surface area (Å²) in [6, 6.07) is 9.88. The minimum Gasteiger partial charge on any atom is -0.477 e. The molecule has 264 valence electrons. The summed E-state index contributed by atoms with van der Waals surface area (Å²) in [5.74, 6) is 0.154. The Hall–Kier alpha value is -2.69. The molecular formula is C33H53N5O8S. The minimum atomic E-state index is -1.08. The number of aliphatic hydroxyl groups excluding tert-OH is 1. The van der Waals surface area contributed by atoms with E-state index in [2.05, 4.69) is 20.2 Å². The molecule has 0 aliphatic heterocycles. The maximum Gasteiger partial charge on any atom is 0.354 e. The van der Waals surface area contributed by atoms with Crippen molar-refractivity contribution in [2.45, 2.75) is 38.8 Å². The number of aromatic nitrogens is 2. The number of hydrogen-bond donors (Lipinski definition) is 4. The van der Waals surface area contributed by atoms with E-state index in [0.29, 0.717) is 90.3 Å². The van der Waals surface area contributed by atoms with Gasteiger partial charge in [0, 0.05) is 45.9 Å². The number of nitrogens with zero attached hydrogens (tertiary/aromatic N) is 4. The van der Waals surface area contributed by atoms with Gasteiger partial charge in [0.25, 0.3) is 0 Å². The molecule has 2 heterocycles. The normalized spacial score (nSPS) is 11.5. The van der Waals surface area contributed by atoms with Crippen LogP contribution in [-0.2, 0) is 27.3 Å². The molecule has 0 bridgehead atoms. The van der Waals surface area contributed by atoms with Gasteiger partial charge in [0.2, 0.25) is 0 Å². The van der Waals surface area contributed by atoms with Crippen LogP contribution in [0.1, 0.15) is 58.0 Å². The molecule has 2 aromatic rings. The first-order valence-electron chi connectivity index (χ1n) is 16.3. The van der Waals surface area contributed by atoms with Crippen molar-refractivity contribution in [3.05, 3.63) is 59.2 Å². The van der Waals surface area contributed by atoms with Gasteiger partial charge in [0.05, 0.1) is 51.0 Å². The number of unbranched alkanes of at least 4 members (excludes halogenated alkanes) is 2. The monoisotopic (exact) mass is 679 g/mol. The van der Waals surface area contributed by atoms with Crippen LogP contribution in [0.3, 0.4) is 0 Å². The number of nitrogens with one attached hydrogen (secondary N) is 1. The van der Waals surface area contributed by atoms with E-state index in [0.717, 1.165) is 18.7 Å². The molecule has 14 heteroatoms. The van der Waals surface area contributed by atoms with Crippen LogP contribution in [0.5, 0.6) is 0 Å².